The minimum atomic E-state index is -0.592. The van der Waals surface area contributed by atoms with Gasteiger partial charge in [-0.2, -0.15) is 0 Å². The highest BCUT2D eigenvalue weighted by molar-refractivity contribution is 7.15. The van der Waals surface area contributed by atoms with E-state index in [4.69, 9.17) is 18.9 Å². The van der Waals surface area contributed by atoms with E-state index in [0.717, 1.165) is 42.3 Å². The van der Waals surface area contributed by atoms with Crippen LogP contribution in [0.2, 0.25) is 0 Å². The summed E-state index contributed by atoms with van der Waals surface area (Å²) < 4.78 is 22.4. The molecule has 1 aromatic heterocycles. The van der Waals surface area contributed by atoms with Gasteiger partial charge in [0.25, 0.3) is 0 Å². The molecule has 0 amide bonds. The number of benzene rings is 2. The number of nitrogens with zero attached hydrogens (tertiary/aromatic N) is 1. The largest absolute Gasteiger partial charge is 0.488 e. The van der Waals surface area contributed by atoms with E-state index in [1.165, 1.54) is 20.9 Å². The number of esters is 1. The van der Waals surface area contributed by atoms with Gasteiger partial charge in [0.05, 0.1) is 13.2 Å². The topological polar surface area (TPSA) is 66.4 Å². The second-order valence-corrected chi connectivity index (χ2v) is 9.65. The van der Waals surface area contributed by atoms with Crippen LogP contribution < -0.4 is 4.74 Å². The average Bonchev–Trinajstić information content (AvgIpc) is 3.29. The zero-order valence-corrected chi connectivity index (χ0v) is 21.9. The van der Waals surface area contributed by atoms with Gasteiger partial charge in [0.1, 0.15) is 12.4 Å². The molecule has 0 aliphatic carbocycles. The van der Waals surface area contributed by atoms with Gasteiger partial charge in [-0.25, -0.2) is 4.79 Å². The van der Waals surface area contributed by atoms with Gasteiger partial charge in [-0.05, 0) is 67.8 Å². The van der Waals surface area contributed by atoms with Gasteiger partial charge in [-0.15, -0.1) is 11.3 Å². The van der Waals surface area contributed by atoms with E-state index in [9.17, 15) is 4.79 Å². The molecule has 0 saturated heterocycles. The smallest absolute Gasteiger partial charge is 0.335 e. The van der Waals surface area contributed by atoms with Gasteiger partial charge >= 0.3 is 5.97 Å². The molecule has 4 rings (SSSR count). The SMILES string of the molecule is CCOC(=O)[C@H](Cc1ccc(OCc2sc(-c3ccc(C4=NCCCO4)cc3)cc2C)cc1)OCC. The van der Waals surface area contributed by atoms with E-state index in [-0.39, 0.29) is 5.97 Å². The van der Waals surface area contributed by atoms with Gasteiger partial charge < -0.3 is 18.9 Å². The second-order valence-electron chi connectivity index (χ2n) is 8.52. The molecule has 0 saturated carbocycles. The molecule has 7 heteroatoms. The summed E-state index contributed by atoms with van der Waals surface area (Å²) in [4.78, 5) is 19.0. The summed E-state index contributed by atoms with van der Waals surface area (Å²) in [5.74, 6) is 1.20. The fourth-order valence-corrected chi connectivity index (χ4v) is 5.04. The van der Waals surface area contributed by atoms with Crippen LogP contribution in [0.4, 0.5) is 0 Å². The van der Waals surface area contributed by atoms with E-state index >= 15 is 0 Å². The fraction of sp³-hybridized carbons (Fsp3) is 0.379. The molecule has 3 aromatic rings. The number of aliphatic imine (C=N–C) groups is 1. The summed E-state index contributed by atoms with van der Waals surface area (Å²) in [5, 5.41) is 0. The summed E-state index contributed by atoms with van der Waals surface area (Å²) >= 11 is 1.74. The average molecular weight is 508 g/mol. The number of hydrogen-bond acceptors (Lipinski definition) is 7. The van der Waals surface area contributed by atoms with E-state index in [1.807, 2.05) is 31.2 Å². The third-order valence-corrected chi connectivity index (χ3v) is 7.13. The van der Waals surface area contributed by atoms with E-state index < -0.39 is 6.10 Å². The van der Waals surface area contributed by atoms with Gasteiger partial charge in [0.15, 0.2) is 6.10 Å². The van der Waals surface area contributed by atoms with Crippen molar-refractivity contribution < 1.29 is 23.7 Å². The van der Waals surface area contributed by atoms with E-state index in [1.54, 1.807) is 18.3 Å². The molecule has 0 N–H and O–H groups in total. The third kappa shape index (κ3) is 6.74. The Hall–Kier alpha value is -3.16. The fourth-order valence-electron chi connectivity index (χ4n) is 3.95. The van der Waals surface area contributed by atoms with E-state index in [2.05, 4.69) is 42.2 Å². The van der Waals surface area contributed by atoms with Crippen LogP contribution in [0.1, 0.15) is 41.8 Å². The van der Waals surface area contributed by atoms with Crippen molar-refractivity contribution in [2.45, 2.75) is 46.3 Å². The van der Waals surface area contributed by atoms with Crippen LogP contribution in [-0.2, 0) is 32.0 Å². The lowest BCUT2D eigenvalue weighted by Crippen LogP contribution is -2.28. The van der Waals surface area contributed by atoms with Crippen LogP contribution in [-0.4, -0.2) is 44.3 Å². The van der Waals surface area contributed by atoms with Crippen molar-refractivity contribution in [3.05, 3.63) is 76.2 Å². The highest BCUT2D eigenvalue weighted by Crippen LogP contribution is 2.32. The van der Waals surface area contributed by atoms with Crippen LogP contribution >= 0.6 is 11.3 Å². The first-order valence-electron chi connectivity index (χ1n) is 12.4. The van der Waals surface area contributed by atoms with Gasteiger partial charge in [-0.1, -0.05) is 24.3 Å². The standard InChI is InChI=1S/C29H33NO5S/c1-4-32-25(29(31)33-5-2)18-21-7-13-24(14-8-21)35-19-27-20(3)17-26(36-27)22-9-11-23(12-10-22)28-30-15-6-16-34-28/h7-14,17,25H,4-6,15-16,18-19H2,1-3H3/t25-/m0/s1. The Bertz CT molecular complexity index is 1170. The van der Waals surface area contributed by atoms with Gasteiger partial charge in [0.2, 0.25) is 5.90 Å². The lowest BCUT2D eigenvalue weighted by molar-refractivity contribution is -0.156. The first-order valence-corrected chi connectivity index (χ1v) is 13.3. The first-order chi connectivity index (χ1) is 17.6. The number of thiophene rings is 1. The maximum Gasteiger partial charge on any atom is 0.335 e. The Morgan fingerprint density at radius 3 is 2.47 bits per heavy atom. The molecule has 36 heavy (non-hydrogen) atoms. The summed E-state index contributed by atoms with van der Waals surface area (Å²) in [6, 6.07) is 18.4. The normalized spacial score (nSPS) is 14.0. The summed E-state index contributed by atoms with van der Waals surface area (Å²) in [6.45, 7) is 8.65. The van der Waals surface area contributed by atoms with Crippen molar-refractivity contribution in [1.29, 1.82) is 0 Å². The predicted molar refractivity (Wildman–Crippen MR) is 143 cm³/mol. The zero-order chi connectivity index (χ0) is 25.3. The lowest BCUT2D eigenvalue weighted by atomic mass is 10.1. The molecule has 190 valence electrons. The monoisotopic (exact) mass is 507 g/mol. The van der Waals surface area contributed by atoms with E-state index in [0.29, 0.717) is 26.2 Å². The molecule has 1 aliphatic rings. The van der Waals surface area contributed by atoms with Crippen LogP contribution in [0.15, 0.2) is 59.6 Å². The Morgan fingerprint density at radius 2 is 1.81 bits per heavy atom. The van der Waals surface area contributed by atoms with Crippen molar-refractivity contribution in [2.75, 3.05) is 26.4 Å². The Morgan fingerprint density at radius 1 is 1.06 bits per heavy atom. The highest BCUT2D eigenvalue weighted by Gasteiger charge is 2.20. The molecule has 1 aliphatic heterocycles. The first kappa shape index (κ1) is 25.9. The Kier molecular flexibility index (Phi) is 9.14. The van der Waals surface area contributed by atoms with Crippen molar-refractivity contribution in [1.82, 2.24) is 0 Å². The molecule has 1 atom stereocenters. The molecule has 0 unspecified atom stereocenters. The maximum absolute atomic E-state index is 12.1. The molecule has 0 fully saturated rings. The molecule has 2 heterocycles. The number of rotatable bonds is 11. The van der Waals surface area contributed by atoms with Crippen LogP contribution in [0.25, 0.3) is 10.4 Å². The zero-order valence-electron chi connectivity index (χ0n) is 21.1. The van der Waals surface area contributed by atoms with Crippen LogP contribution in [0.3, 0.4) is 0 Å². The summed E-state index contributed by atoms with van der Waals surface area (Å²) in [5.41, 5.74) is 4.40. The van der Waals surface area contributed by atoms with Crippen LogP contribution in [0, 0.1) is 6.92 Å². The van der Waals surface area contributed by atoms with Gasteiger partial charge in [0, 0.05) is 41.3 Å². The molecule has 0 bridgehead atoms. The highest BCUT2D eigenvalue weighted by atomic mass is 32.1. The number of carbonyl (C=O) groups is 1. The second kappa shape index (κ2) is 12.7. The molecular formula is C29H33NO5S. The quantitative estimate of drug-likeness (QED) is 0.299. The molecule has 0 spiro atoms. The number of carbonyl (C=O) groups excluding carboxylic acids is 1. The third-order valence-electron chi connectivity index (χ3n) is 5.87. The van der Waals surface area contributed by atoms with Crippen molar-refractivity contribution in [2.24, 2.45) is 4.99 Å². The predicted octanol–water partition coefficient (Wildman–Crippen LogP) is 5.98. The Labute approximate surface area is 216 Å². The van der Waals surface area contributed by atoms with Crippen LogP contribution in [0.5, 0.6) is 5.75 Å². The molecule has 6 nitrogen and oxygen atoms in total. The molecule has 2 aromatic carbocycles. The minimum Gasteiger partial charge on any atom is -0.488 e. The summed E-state index contributed by atoms with van der Waals surface area (Å²) in [6.07, 6.45) is 0.860. The van der Waals surface area contributed by atoms with Crippen molar-refractivity contribution in [3.63, 3.8) is 0 Å². The van der Waals surface area contributed by atoms with Crippen molar-refractivity contribution >= 4 is 23.2 Å². The molecule has 0 radical (unpaired) electrons. The number of aryl methyl sites for hydroxylation is 1. The maximum atomic E-state index is 12.1. The van der Waals surface area contributed by atoms with Gasteiger partial charge in [-0.3, -0.25) is 4.99 Å². The minimum absolute atomic E-state index is 0.325. The molecular weight excluding hydrogens is 474 g/mol. The summed E-state index contributed by atoms with van der Waals surface area (Å²) in [7, 11) is 0. The lowest BCUT2D eigenvalue weighted by Gasteiger charge is -2.15. The number of hydrogen-bond donors (Lipinski definition) is 0. The number of ether oxygens (including phenoxy) is 4. The van der Waals surface area contributed by atoms with Crippen molar-refractivity contribution in [3.8, 4) is 16.2 Å². The Balaban J connectivity index is 1.35.